The molecule has 4 atom stereocenters. The molecule has 11 nitrogen and oxygen atoms in total. The number of unbranched alkanes of at least 4 members (excludes halogenated alkanes) is 1. The summed E-state index contributed by atoms with van der Waals surface area (Å²) in [6, 6.07) is 7.83. The fourth-order valence-electron chi connectivity index (χ4n) is 5.87. The van der Waals surface area contributed by atoms with Gasteiger partial charge in [0.15, 0.2) is 11.6 Å². The SMILES string of the molecule is CC(C)C[C@@H](NC(=O)[C@H](CC(=O)[C@H](N)C(C)(C)C)Cc1ccccc1)C(=O)C[C@H](CCCCN)C(=O)N1CCC(N)(C(=O)O)CC1. The molecule has 0 aliphatic carbocycles. The van der Waals surface area contributed by atoms with Crippen LogP contribution in [0.2, 0.25) is 0 Å². The van der Waals surface area contributed by atoms with Gasteiger partial charge in [-0.05, 0) is 62.0 Å². The lowest BCUT2D eigenvalue weighted by Gasteiger charge is -2.38. The third-order valence-corrected chi connectivity index (χ3v) is 9.03. The number of amides is 2. The maximum atomic E-state index is 13.9. The highest BCUT2D eigenvalue weighted by Crippen LogP contribution is 2.26. The standard InChI is InChI=1S/C35H57N5O6/c1-23(2)19-27(39-31(43)26(20-24-11-7-6-8-12-24)22-29(42)30(37)34(3,4)5)28(41)21-25(13-9-10-16-36)32(44)40-17-14-35(38,15-18-40)33(45)46/h6-8,11-12,23,25-27,30H,9-10,13-22,36-38H2,1-5H3,(H,39,43)(H,45,46)/t25-,26-,27+,30-/m0/s1. The molecule has 46 heavy (non-hydrogen) atoms. The summed E-state index contributed by atoms with van der Waals surface area (Å²) in [5.41, 5.74) is 17.0. The second-order valence-electron chi connectivity index (χ2n) is 14.5. The van der Waals surface area contributed by atoms with E-state index >= 15 is 0 Å². The molecule has 1 aromatic carbocycles. The lowest BCUT2D eigenvalue weighted by Crippen LogP contribution is -2.57. The van der Waals surface area contributed by atoms with Crippen LogP contribution in [0.1, 0.15) is 91.5 Å². The van der Waals surface area contributed by atoms with Crippen LogP contribution in [-0.4, -0.2) is 76.6 Å². The first-order valence-corrected chi connectivity index (χ1v) is 16.6. The Labute approximate surface area is 274 Å². The minimum absolute atomic E-state index is 0.0596. The van der Waals surface area contributed by atoms with Crippen molar-refractivity contribution < 1.29 is 29.1 Å². The van der Waals surface area contributed by atoms with Gasteiger partial charge in [0, 0.05) is 37.8 Å². The van der Waals surface area contributed by atoms with Gasteiger partial charge in [-0.1, -0.05) is 71.4 Å². The summed E-state index contributed by atoms with van der Waals surface area (Å²) in [7, 11) is 0. The van der Waals surface area contributed by atoms with Crippen molar-refractivity contribution in [3.05, 3.63) is 35.9 Å². The predicted molar refractivity (Wildman–Crippen MR) is 178 cm³/mol. The van der Waals surface area contributed by atoms with Gasteiger partial charge in [-0.2, -0.15) is 0 Å². The van der Waals surface area contributed by atoms with Gasteiger partial charge in [0.25, 0.3) is 0 Å². The highest BCUT2D eigenvalue weighted by molar-refractivity contribution is 5.95. The number of carbonyl (C=O) groups is 5. The third kappa shape index (κ3) is 11.9. The van der Waals surface area contributed by atoms with Crippen LogP contribution in [0, 0.1) is 23.2 Å². The van der Waals surface area contributed by atoms with Crippen LogP contribution in [0.4, 0.5) is 0 Å². The van der Waals surface area contributed by atoms with Gasteiger partial charge < -0.3 is 32.5 Å². The van der Waals surface area contributed by atoms with E-state index < -0.39 is 46.7 Å². The average Bonchev–Trinajstić information content (AvgIpc) is 2.99. The number of ketones is 2. The zero-order valence-corrected chi connectivity index (χ0v) is 28.4. The van der Waals surface area contributed by atoms with E-state index in [0.29, 0.717) is 38.6 Å². The monoisotopic (exact) mass is 643 g/mol. The molecule has 11 heteroatoms. The maximum Gasteiger partial charge on any atom is 0.323 e. The molecule has 0 bridgehead atoms. The Morgan fingerprint density at radius 1 is 0.957 bits per heavy atom. The van der Waals surface area contributed by atoms with Gasteiger partial charge >= 0.3 is 5.97 Å². The summed E-state index contributed by atoms with van der Waals surface area (Å²) in [6.45, 7) is 10.4. The average molecular weight is 644 g/mol. The van der Waals surface area contributed by atoms with Crippen molar-refractivity contribution in [3.63, 3.8) is 0 Å². The first kappa shape index (κ1) is 39.0. The largest absolute Gasteiger partial charge is 0.480 e. The third-order valence-electron chi connectivity index (χ3n) is 9.03. The maximum absolute atomic E-state index is 13.9. The van der Waals surface area contributed by atoms with Crippen molar-refractivity contribution in [3.8, 4) is 0 Å². The second-order valence-corrected chi connectivity index (χ2v) is 14.5. The molecule has 2 amide bonds. The van der Waals surface area contributed by atoms with Crippen LogP contribution in [0.25, 0.3) is 0 Å². The molecule has 1 aromatic rings. The highest BCUT2D eigenvalue weighted by atomic mass is 16.4. The zero-order valence-electron chi connectivity index (χ0n) is 28.4. The molecular weight excluding hydrogens is 586 g/mol. The van der Waals surface area contributed by atoms with Crippen LogP contribution < -0.4 is 22.5 Å². The smallest absolute Gasteiger partial charge is 0.323 e. The Kier molecular flexibility index (Phi) is 15.0. The number of nitrogens with zero attached hydrogens (tertiary/aromatic N) is 1. The Morgan fingerprint density at radius 2 is 1.54 bits per heavy atom. The van der Waals surface area contributed by atoms with Crippen LogP contribution in [-0.2, 0) is 30.4 Å². The molecule has 2 rings (SSSR count). The lowest BCUT2D eigenvalue weighted by molar-refractivity contribution is -0.149. The van der Waals surface area contributed by atoms with Crippen LogP contribution in [0.3, 0.4) is 0 Å². The molecule has 8 N–H and O–H groups in total. The molecule has 1 aliphatic heterocycles. The van der Waals surface area contributed by atoms with Crippen molar-refractivity contribution in [2.45, 2.75) is 110 Å². The van der Waals surface area contributed by atoms with Gasteiger partial charge in [0.1, 0.15) is 5.54 Å². The molecule has 1 aliphatic rings. The van der Waals surface area contributed by atoms with Gasteiger partial charge in [0.05, 0.1) is 12.1 Å². The van der Waals surface area contributed by atoms with E-state index in [4.69, 9.17) is 17.2 Å². The van der Waals surface area contributed by atoms with Crippen molar-refractivity contribution in [2.75, 3.05) is 19.6 Å². The predicted octanol–water partition coefficient (Wildman–Crippen LogP) is 2.82. The molecular formula is C35H57N5O6. The Morgan fingerprint density at radius 3 is 2.07 bits per heavy atom. The first-order valence-electron chi connectivity index (χ1n) is 16.6. The van der Waals surface area contributed by atoms with Gasteiger partial charge in [-0.25, -0.2) is 0 Å². The summed E-state index contributed by atoms with van der Waals surface area (Å²) in [5.74, 6) is -3.46. The molecule has 1 fully saturated rings. The number of benzene rings is 1. The molecule has 0 saturated carbocycles. The van der Waals surface area contributed by atoms with Gasteiger partial charge in [-0.3, -0.25) is 24.0 Å². The molecule has 0 radical (unpaired) electrons. The quantitative estimate of drug-likeness (QED) is 0.149. The van der Waals surface area contributed by atoms with Crippen molar-refractivity contribution in [1.29, 1.82) is 0 Å². The van der Waals surface area contributed by atoms with E-state index in [1.807, 2.05) is 65.0 Å². The van der Waals surface area contributed by atoms with E-state index in [9.17, 15) is 29.1 Å². The minimum Gasteiger partial charge on any atom is -0.480 e. The number of hydrogen-bond donors (Lipinski definition) is 5. The second kappa shape index (κ2) is 17.7. The Balaban J connectivity index is 2.26. The number of piperidine rings is 1. The van der Waals surface area contributed by atoms with E-state index in [2.05, 4.69) is 5.32 Å². The molecule has 0 aromatic heterocycles. The number of carboxylic acids is 1. The molecule has 1 heterocycles. The number of carbonyl (C=O) groups excluding carboxylic acids is 4. The Bertz CT molecular complexity index is 1170. The number of hydrogen-bond acceptors (Lipinski definition) is 8. The number of nitrogens with two attached hydrogens (primary N) is 3. The Hall–Kier alpha value is -3.15. The number of Topliss-reactive ketones (excluding diaryl/α,β-unsaturated/α-hetero) is 2. The fourth-order valence-corrected chi connectivity index (χ4v) is 5.87. The summed E-state index contributed by atoms with van der Waals surface area (Å²) in [5, 5.41) is 12.4. The lowest BCUT2D eigenvalue weighted by atomic mass is 9.81. The number of nitrogens with one attached hydrogen (secondary N) is 1. The summed E-state index contributed by atoms with van der Waals surface area (Å²) in [4.78, 5) is 67.8. The first-order chi connectivity index (χ1) is 21.5. The zero-order chi connectivity index (χ0) is 34.7. The number of rotatable bonds is 18. The minimum atomic E-state index is -1.37. The van der Waals surface area contributed by atoms with Gasteiger partial charge in [0.2, 0.25) is 11.8 Å². The van der Waals surface area contributed by atoms with E-state index in [0.717, 1.165) is 5.56 Å². The number of likely N-dealkylation sites (tertiary alicyclic amines) is 1. The summed E-state index contributed by atoms with van der Waals surface area (Å²) < 4.78 is 0. The topological polar surface area (TPSA) is 199 Å². The van der Waals surface area contributed by atoms with Crippen LogP contribution in [0.5, 0.6) is 0 Å². The number of aliphatic carboxylic acids is 1. The van der Waals surface area contributed by atoms with Crippen molar-refractivity contribution in [1.82, 2.24) is 10.2 Å². The van der Waals surface area contributed by atoms with Crippen LogP contribution >= 0.6 is 0 Å². The normalized spacial score (nSPS) is 17.5. The van der Waals surface area contributed by atoms with Crippen molar-refractivity contribution in [2.24, 2.45) is 40.4 Å². The summed E-state index contributed by atoms with van der Waals surface area (Å²) in [6.07, 6.45) is 2.61. The molecule has 0 spiro atoms. The van der Waals surface area contributed by atoms with E-state index in [-0.39, 0.29) is 62.2 Å². The molecule has 1 saturated heterocycles. The van der Waals surface area contributed by atoms with Crippen molar-refractivity contribution >= 4 is 29.4 Å². The van der Waals surface area contributed by atoms with E-state index in [1.165, 1.54) is 0 Å². The van der Waals surface area contributed by atoms with Gasteiger partial charge in [-0.15, -0.1) is 0 Å². The summed E-state index contributed by atoms with van der Waals surface area (Å²) >= 11 is 0. The van der Waals surface area contributed by atoms with E-state index in [1.54, 1.807) is 4.90 Å². The fraction of sp³-hybridized carbons (Fsp3) is 0.686. The number of carboxylic acid groups (broad SMARTS) is 1. The molecule has 0 unspecified atom stereocenters. The molecule has 258 valence electrons. The highest BCUT2D eigenvalue weighted by Gasteiger charge is 2.40. The van der Waals surface area contributed by atoms with Crippen LogP contribution in [0.15, 0.2) is 30.3 Å².